The molecule has 6 nitrogen and oxygen atoms in total. The predicted octanol–water partition coefficient (Wildman–Crippen LogP) is 2.32. The molecule has 0 spiro atoms. The van der Waals surface area contributed by atoms with Crippen molar-refractivity contribution >= 4 is 17.8 Å². The molecule has 0 amide bonds. The quantitative estimate of drug-likeness (QED) is 0.782. The van der Waals surface area contributed by atoms with Gasteiger partial charge in [0.05, 0.1) is 17.6 Å². The maximum Gasteiger partial charge on any atom is 0.339 e. The second kappa shape index (κ2) is 6.56. The van der Waals surface area contributed by atoms with Gasteiger partial charge in [0.2, 0.25) is 0 Å². The Kier molecular flexibility index (Phi) is 4.77. The molecule has 114 valence electrons. The Morgan fingerprint density at radius 1 is 1.38 bits per heavy atom. The number of aliphatic carboxylic acids is 1. The molecule has 1 aromatic rings. The zero-order chi connectivity index (χ0) is 15.3. The molecule has 1 saturated carbocycles. The lowest BCUT2D eigenvalue weighted by atomic mass is 9.86. The third-order valence-electron chi connectivity index (χ3n) is 3.90. The van der Waals surface area contributed by atoms with E-state index in [0.29, 0.717) is 37.4 Å². The van der Waals surface area contributed by atoms with Crippen molar-refractivity contribution in [3.05, 3.63) is 23.9 Å². The van der Waals surface area contributed by atoms with E-state index < -0.39 is 17.4 Å². The lowest BCUT2D eigenvalue weighted by molar-refractivity contribution is -0.147. The van der Waals surface area contributed by atoms with Crippen LogP contribution in [0.3, 0.4) is 0 Å². The smallest absolute Gasteiger partial charge is 0.339 e. The van der Waals surface area contributed by atoms with E-state index in [9.17, 15) is 14.7 Å². The van der Waals surface area contributed by atoms with Gasteiger partial charge < -0.3 is 15.2 Å². The first-order valence-electron chi connectivity index (χ1n) is 7.18. The summed E-state index contributed by atoms with van der Waals surface area (Å²) in [4.78, 5) is 27.1. The minimum Gasteiger partial charge on any atom is -0.481 e. The van der Waals surface area contributed by atoms with E-state index >= 15 is 0 Å². The summed E-state index contributed by atoms with van der Waals surface area (Å²) in [6.45, 7) is 2.42. The van der Waals surface area contributed by atoms with Crippen molar-refractivity contribution in [2.75, 3.05) is 18.5 Å². The third kappa shape index (κ3) is 3.51. The normalized spacial score (nSPS) is 16.4. The van der Waals surface area contributed by atoms with Gasteiger partial charge in [-0.1, -0.05) is 12.8 Å². The number of esters is 1. The van der Waals surface area contributed by atoms with Crippen LogP contribution in [0.2, 0.25) is 0 Å². The molecule has 1 aliphatic carbocycles. The van der Waals surface area contributed by atoms with Crippen molar-refractivity contribution in [1.82, 2.24) is 4.98 Å². The molecule has 0 saturated heterocycles. The van der Waals surface area contributed by atoms with Gasteiger partial charge in [-0.2, -0.15) is 0 Å². The fourth-order valence-electron chi connectivity index (χ4n) is 2.61. The standard InChI is InChI=1S/C15H20N2O4/c1-2-21-13(18)11-5-6-12(16-9-11)17-10-15(14(19)20)7-3-4-8-15/h5-6,9H,2-4,7-8,10H2,1H3,(H,16,17)(H,19,20). The predicted molar refractivity (Wildman–Crippen MR) is 77.2 cm³/mol. The molecule has 1 aromatic heterocycles. The molecule has 0 aromatic carbocycles. The van der Waals surface area contributed by atoms with E-state index in [2.05, 4.69) is 10.3 Å². The Morgan fingerprint density at radius 2 is 2.10 bits per heavy atom. The van der Waals surface area contributed by atoms with Gasteiger partial charge in [-0.15, -0.1) is 0 Å². The molecule has 2 rings (SSSR count). The molecule has 0 aliphatic heterocycles. The van der Waals surface area contributed by atoms with E-state index in [1.807, 2.05) is 0 Å². The first-order chi connectivity index (χ1) is 10.1. The maximum atomic E-state index is 11.5. The van der Waals surface area contributed by atoms with E-state index in [0.717, 1.165) is 12.8 Å². The number of rotatable bonds is 6. The zero-order valence-corrected chi connectivity index (χ0v) is 12.1. The minimum absolute atomic E-state index is 0.319. The second-order valence-corrected chi connectivity index (χ2v) is 5.30. The molecule has 0 radical (unpaired) electrons. The molecule has 0 atom stereocenters. The number of hydrogen-bond donors (Lipinski definition) is 2. The lowest BCUT2D eigenvalue weighted by Gasteiger charge is -2.24. The van der Waals surface area contributed by atoms with Crippen LogP contribution in [0, 0.1) is 5.41 Å². The van der Waals surface area contributed by atoms with Crippen molar-refractivity contribution in [1.29, 1.82) is 0 Å². The van der Waals surface area contributed by atoms with Crippen molar-refractivity contribution < 1.29 is 19.4 Å². The lowest BCUT2D eigenvalue weighted by Crippen LogP contribution is -2.35. The number of carbonyl (C=O) groups is 2. The number of anilines is 1. The molecule has 1 heterocycles. The highest BCUT2D eigenvalue weighted by Crippen LogP contribution is 2.38. The summed E-state index contributed by atoms with van der Waals surface area (Å²) in [6, 6.07) is 3.28. The first kappa shape index (κ1) is 15.3. The summed E-state index contributed by atoms with van der Waals surface area (Å²) < 4.78 is 4.88. The van der Waals surface area contributed by atoms with E-state index in [1.165, 1.54) is 6.20 Å². The molecular weight excluding hydrogens is 272 g/mol. The van der Waals surface area contributed by atoms with E-state index in [-0.39, 0.29) is 0 Å². The summed E-state index contributed by atoms with van der Waals surface area (Å²) in [6.07, 6.45) is 4.71. The Hall–Kier alpha value is -2.11. The highest BCUT2D eigenvalue weighted by Gasteiger charge is 2.41. The van der Waals surface area contributed by atoms with Gasteiger partial charge in [0.15, 0.2) is 0 Å². The van der Waals surface area contributed by atoms with Gasteiger partial charge in [0.1, 0.15) is 5.82 Å². The summed E-state index contributed by atoms with van der Waals surface area (Å²) in [5.74, 6) is -0.597. The van der Waals surface area contributed by atoms with Crippen molar-refractivity contribution in [2.45, 2.75) is 32.6 Å². The minimum atomic E-state index is -0.754. The molecular formula is C15H20N2O4. The van der Waals surface area contributed by atoms with Gasteiger partial charge in [0, 0.05) is 12.7 Å². The molecule has 2 N–H and O–H groups in total. The number of aromatic nitrogens is 1. The molecule has 0 bridgehead atoms. The zero-order valence-electron chi connectivity index (χ0n) is 12.1. The van der Waals surface area contributed by atoms with Gasteiger partial charge in [0.25, 0.3) is 0 Å². The maximum absolute atomic E-state index is 11.5. The van der Waals surface area contributed by atoms with Crippen LogP contribution in [0.5, 0.6) is 0 Å². The fraction of sp³-hybridized carbons (Fsp3) is 0.533. The number of hydrogen-bond acceptors (Lipinski definition) is 5. The van der Waals surface area contributed by atoms with E-state index in [1.54, 1.807) is 19.1 Å². The monoisotopic (exact) mass is 292 g/mol. The highest BCUT2D eigenvalue weighted by atomic mass is 16.5. The SMILES string of the molecule is CCOC(=O)c1ccc(NCC2(C(=O)O)CCCC2)nc1. The number of carbonyl (C=O) groups excluding carboxylic acids is 1. The number of carboxylic acids is 1. The first-order valence-corrected chi connectivity index (χ1v) is 7.18. The number of carboxylic acid groups (broad SMARTS) is 1. The van der Waals surface area contributed by atoms with Crippen LogP contribution in [0.1, 0.15) is 43.0 Å². The summed E-state index contributed by atoms with van der Waals surface area (Å²) in [7, 11) is 0. The van der Waals surface area contributed by atoms with Crippen molar-refractivity contribution in [3.8, 4) is 0 Å². The molecule has 1 fully saturated rings. The van der Waals surface area contributed by atoms with E-state index in [4.69, 9.17) is 4.74 Å². The Bertz CT molecular complexity index is 507. The Balaban J connectivity index is 1.97. The average molecular weight is 292 g/mol. The molecule has 21 heavy (non-hydrogen) atoms. The third-order valence-corrected chi connectivity index (χ3v) is 3.90. The van der Waals surface area contributed by atoms with Crippen molar-refractivity contribution in [2.24, 2.45) is 5.41 Å². The summed E-state index contributed by atoms with van der Waals surface area (Å²) in [5, 5.41) is 12.5. The number of pyridine rings is 1. The van der Waals surface area contributed by atoms with Crippen LogP contribution < -0.4 is 5.32 Å². The highest BCUT2D eigenvalue weighted by molar-refractivity contribution is 5.89. The number of nitrogens with zero attached hydrogens (tertiary/aromatic N) is 1. The largest absolute Gasteiger partial charge is 0.481 e. The topological polar surface area (TPSA) is 88.5 Å². The van der Waals surface area contributed by atoms with Crippen LogP contribution in [-0.2, 0) is 9.53 Å². The Labute approximate surface area is 123 Å². The molecule has 6 heteroatoms. The second-order valence-electron chi connectivity index (χ2n) is 5.30. The van der Waals surface area contributed by atoms with Crippen LogP contribution in [0.15, 0.2) is 18.3 Å². The van der Waals surface area contributed by atoms with Gasteiger partial charge in [-0.05, 0) is 31.9 Å². The summed E-state index contributed by atoms with van der Waals surface area (Å²) in [5.41, 5.74) is -0.308. The van der Waals surface area contributed by atoms with Gasteiger partial charge in [-0.25, -0.2) is 9.78 Å². The van der Waals surface area contributed by atoms with Crippen molar-refractivity contribution in [3.63, 3.8) is 0 Å². The van der Waals surface area contributed by atoms with Gasteiger partial charge in [-0.3, -0.25) is 4.79 Å². The number of nitrogens with one attached hydrogen (secondary N) is 1. The number of ether oxygens (including phenoxy) is 1. The molecule has 0 unspecified atom stereocenters. The molecule has 1 aliphatic rings. The Morgan fingerprint density at radius 3 is 2.62 bits per heavy atom. The van der Waals surface area contributed by atoms with Crippen LogP contribution in [-0.4, -0.2) is 35.2 Å². The summed E-state index contributed by atoms with van der Waals surface area (Å²) >= 11 is 0. The fourth-order valence-corrected chi connectivity index (χ4v) is 2.61. The van der Waals surface area contributed by atoms with Crippen LogP contribution in [0.25, 0.3) is 0 Å². The van der Waals surface area contributed by atoms with Gasteiger partial charge >= 0.3 is 11.9 Å². The average Bonchev–Trinajstić information content (AvgIpc) is 2.96. The van der Waals surface area contributed by atoms with Crippen LogP contribution >= 0.6 is 0 Å². The van der Waals surface area contributed by atoms with Crippen LogP contribution in [0.4, 0.5) is 5.82 Å².